The summed E-state index contributed by atoms with van der Waals surface area (Å²) in [5, 5.41) is 0. The Labute approximate surface area is 157 Å². The highest BCUT2D eigenvalue weighted by Gasteiger charge is 2.01. The van der Waals surface area contributed by atoms with Crippen molar-refractivity contribution in [2.45, 2.75) is 25.7 Å². The summed E-state index contributed by atoms with van der Waals surface area (Å²) in [6, 6.07) is 26.2. The molecule has 0 nitrogen and oxygen atoms in total. The van der Waals surface area contributed by atoms with Gasteiger partial charge >= 0.3 is 0 Å². The van der Waals surface area contributed by atoms with E-state index < -0.39 is 0 Å². The maximum absolute atomic E-state index is 3.91. The summed E-state index contributed by atoms with van der Waals surface area (Å²) in [5.41, 5.74) is 7.95. The first-order valence-electron chi connectivity index (χ1n) is 9.28. The quantitative estimate of drug-likeness (QED) is 0.437. The van der Waals surface area contributed by atoms with Gasteiger partial charge in [-0.1, -0.05) is 98.1 Å². The fourth-order valence-electron chi connectivity index (χ4n) is 3.28. The van der Waals surface area contributed by atoms with Gasteiger partial charge in [0.05, 0.1) is 0 Å². The van der Waals surface area contributed by atoms with Crippen molar-refractivity contribution in [2.24, 2.45) is 0 Å². The van der Waals surface area contributed by atoms with Crippen molar-refractivity contribution in [1.82, 2.24) is 0 Å². The SMILES string of the molecule is C=Cc1cccc(CCc2ccc(CCc3ccccc3C=C)cc2)c1. The van der Waals surface area contributed by atoms with Gasteiger partial charge in [-0.2, -0.15) is 0 Å². The summed E-state index contributed by atoms with van der Waals surface area (Å²) >= 11 is 0. The van der Waals surface area contributed by atoms with Gasteiger partial charge in [-0.25, -0.2) is 0 Å². The maximum atomic E-state index is 3.91. The van der Waals surface area contributed by atoms with Crippen molar-refractivity contribution < 1.29 is 0 Å². The van der Waals surface area contributed by atoms with E-state index in [0.29, 0.717) is 0 Å². The molecular weight excluding hydrogens is 312 g/mol. The van der Waals surface area contributed by atoms with E-state index in [1.807, 2.05) is 12.2 Å². The summed E-state index contributed by atoms with van der Waals surface area (Å²) in [6.45, 7) is 7.75. The minimum atomic E-state index is 1.05. The predicted octanol–water partition coefficient (Wildman–Crippen LogP) is 6.54. The number of rotatable bonds is 8. The third kappa shape index (κ3) is 4.83. The van der Waals surface area contributed by atoms with Gasteiger partial charge in [0, 0.05) is 0 Å². The van der Waals surface area contributed by atoms with Crippen LogP contribution in [-0.2, 0) is 25.7 Å². The molecule has 0 unspecified atom stereocenters. The molecular formula is C26H26. The number of aryl methyl sites for hydroxylation is 4. The fourth-order valence-corrected chi connectivity index (χ4v) is 3.28. The lowest BCUT2D eigenvalue weighted by molar-refractivity contribution is 0.938. The summed E-state index contributed by atoms with van der Waals surface area (Å²) in [7, 11) is 0. The molecule has 0 aromatic heterocycles. The Bertz CT molecular complexity index is 869. The van der Waals surface area contributed by atoms with E-state index in [4.69, 9.17) is 0 Å². The lowest BCUT2D eigenvalue weighted by Gasteiger charge is -2.08. The molecule has 0 heterocycles. The Kier molecular flexibility index (Phi) is 6.22. The molecule has 0 bridgehead atoms. The van der Waals surface area contributed by atoms with Crippen LogP contribution in [0.4, 0.5) is 0 Å². The highest BCUT2D eigenvalue weighted by molar-refractivity contribution is 5.52. The molecule has 0 radical (unpaired) electrons. The van der Waals surface area contributed by atoms with E-state index in [0.717, 1.165) is 25.7 Å². The van der Waals surface area contributed by atoms with Gasteiger partial charge in [0.2, 0.25) is 0 Å². The molecule has 0 heteroatoms. The first kappa shape index (κ1) is 17.9. The molecule has 0 amide bonds. The fraction of sp³-hybridized carbons (Fsp3) is 0.154. The van der Waals surface area contributed by atoms with Gasteiger partial charge in [0.15, 0.2) is 0 Å². The molecule has 0 aliphatic heterocycles. The second-order valence-electron chi connectivity index (χ2n) is 6.67. The average Bonchev–Trinajstić information content (AvgIpc) is 2.72. The van der Waals surface area contributed by atoms with Crippen LogP contribution in [0.15, 0.2) is 86.0 Å². The molecule has 0 saturated heterocycles. The van der Waals surface area contributed by atoms with Crippen LogP contribution in [0.25, 0.3) is 12.2 Å². The van der Waals surface area contributed by atoms with Crippen LogP contribution in [0.3, 0.4) is 0 Å². The van der Waals surface area contributed by atoms with Crippen LogP contribution in [0.1, 0.15) is 33.4 Å². The molecule has 3 aromatic carbocycles. The molecule has 0 saturated carbocycles. The van der Waals surface area contributed by atoms with E-state index in [1.165, 1.54) is 33.4 Å². The van der Waals surface area contributed by atoms with Crippen molar-refractivity contribution in [3.05, 3.63) is 119 Å². The van der Waals surface area contributed by atoms with Crippen molar-refractivity contribution in [3.8, 4) is 0 Å². The highest BCUT2D eigenvalue weighted by Crippen LogP contribution is 2.15. The van der Waals surface area contributed by atoms with Gasteiger partial charge in [-0.3, -0.25) is 0 Å². The summed E-state index contributed by atoms with van der Waals surface area (Å²) < 4.78 is 0. The van der Waals surface area contributed by atoms with Crippen LogP contribution in [0.5, 0.6) is 0 Å². The second-order valence-corrected chi connectivity index (χ2v) is 6.67. The summed E-state index contributed by atoms with van der Waals surface area (Å²) in [4.78, 5) is 0. The molecule has 0 atom stereocenters. The zero-order chi connectivity index (χ0) is 18.2. The van der Waals surface area contributed by atoms with Crippen LogP contribution >= 0.6 is 0 Å². The molecule has 3 rings (SSSR count). The molecule has 0 spiro atoms. The molecule has 0 aliphatic rings. The Hall–Kier alpha value is -2.86. The largest absolute Gasteiger partial charge is 0.0985 e. The van der Waals surface area contributed by atoms with Gasteiger partial charge < -0.3 is 0 Å². The number of hydrogen-bond acceptors (Lipinski definition) is 0. The van der Waals surface area contributed by atoms with Crippen molar-refractivity contribution >= 4 is 12.2 Å². The number of hydrogen-bond donors (Lipinski definition) is 0. The Balaban J connectivity index is 1.56. The minimum absolute atomic E-state index is 1.05. The lowest BCUT2D eigenvalue weighted by Crippen LogP contribution is -1.95. The molecule has 3 aromatic rings. The van der Waals surface area contributed by atoms with Crippen molar-refractivity contribution in [2.75, 3.05) is 0 Å². The van der Waals surface area contributed by atoms with Crippen LogP contribution < -0.4 is 0 Å². The highest BCUT2D eigenvalue weighted by atomic mass is 14.1. The van der Waals surface area contributed by atoms with Crippen molar-refractivity contribution in [1.29, 1.82) is 0 Å². The minimum Gasteiger partial charge on any atom is -0.0985 e. The Morgan fingerprint density at radius 2 is 1.23 bits per heavy atom. The third-order valence-corrected chi connectivity index (χ3v) is 4.87. The summed E-state index contributed by atoms with van der Waals surface area (Å²) in [6.07, 6.45) is 8.10. The van der Waals surface area contributed by atoms with Crippen LogP contribution in [-0.4, -0.2) is 0 Å². The molecule has 0 aliphatic carbocycles. The third-order valence-electron chi connectivity index (χ3n) is 4.87. The van der Waals surface area contributed by atoms with Gasteiger partial charge in [-0.15, -0.1) is 0 Å². The normalized spacial score (nSPS) is 10.5. The molecule has 0 N–H and O–H groups in total. The van der Waals surface area contributed by atoms with Crippen LogP contribution in [0.2, 0.25) is 0 Å². The van der Waals surface area contributed by atoms with E-state index >= 15 is 0 Å². The first-order chi connectivity index (χ1) is 12.8. The van der Waals surface area contributed by atoms with E-state index in [2.05, 4.69) is 86.0 Å². The summed E-state index contributed by atoms with van der Waals surface area (Å²) in [5.74, 6) is 0. The standard InChI is InChI=1S/C26H26/c1-3-21-8-7-9-24(20-21)17-16-22-12-14-23(15-13-22)18-19-26-11-6-5-10-25(26)4-2/h3-15,20H,1-2,16-19H2. The smallest absolute Gasteiger partial charge is 0.0230 e. The van der Waals surface area contributed by atoms with E-state index in [-0.39, 0.29) is 0 Å². The monoisotopic (exact) mass is 338 g/mol. The maximum Gasteiger partial charge on any atom is -0.0230 e. The van der Waals surface area contributed by atoms with Gasteiger partial charge in [0.25, 0.3) is 0 Å². The Morgan fingerprint density at radius 1 is 0.577 bits per heavy atom. The van der Waals surface area contributed by atoms with Gasteiger partial charge in [0.1, 0.15) is 0 Å². The van der Waals surface area contributed by atoms with E-state index in [9.17, 15) is 0 Å². The number of benzene rings is 3. The zero-order valence-electron chi connectivity index (χ0n) is 15.3. The lowest BCUT2D eigenvalue weighted by atomic mass is 9.98. The predicted molar refractivity (Wildman–Crippen MR) is 114 cm³/mol. The zero-order valence-corrected chi connectivity index (χ0v) is 15.3. The molecule has 0 fully saturated rings. The van der Waals surface area contributed by atoms with Crippen LogP contribution in [0, 0.1) is 0 Å². The van der Waals surface area contributed by atoms with Crippen molar-refractivity contribution in [3.63, 3.8) is 0 Å². The molecule has 130 valence electrons. The second kappa shape index (κ2) is 9.01. The van der Waals surface area contributed by atoms with Gasteiger partial charge in [-0.05, 0) is 59.1 Å². The molecule has 26 heavy (non-hydrogen) atoms. The average molecular weight is 338 g/mol. The Morgan fingerprint density at radius 3 is 1.92 bits per heavy atom. The topological polar surface area (TPSA) is 0 Å². The first-order valence-corrected chi connectivity index (χ1v) is 9.28. The van der Waals surface area contributed by atoms with E-state index in [1.54, 1.807) is 0 Å².